The van der Waals surface area contributed by atoms with Crippen LogP contribution in [-0.2, 0) is 17.8 Å². The van der Waals surface area contributed by atoms with Gasteiger partial charge in [-0.15, -0.1) is 11.3 Å². The standard InChI is InChI=1S/C17H29N3OS/c1-4-6-17-19-13(2)15(22-17)11-18-16(21)9-8-14-7-5-10-20(3)12-14/h14H,4-12H2,1-3H3,(H,18,21). The molecule has 1 aliphatic heterocycles. The van der Waals surface area contributed by atoms with Crippen molar-refractivity contribution in [3.63, 3.8) is 0 Å². The molecule has 0 radical (unpaired) electrons. The lowest BCUT2D eigenvalue weighted by Crippen LogP contribution is -2.33. The fraction of sp³-hybridized carbons (Fsp3) is 0.765. The highest BCUT2D eigenvalue weighted by Gasteiger charge is 2.18. The Kier molecular flexibility index (Phi) is 6.83. The summed E-state index contributed by atoms with van der Waals surface area (Å²) in [5.74, 6) is 0.865. The van der Waals surface area contributed by atoms with Crippen molar-refractivity contribution in [2.24, 2.45) is 5.92 Å². The molecular formula is C17H29N3OS. The lowest BCUT2D eigenvalue weighted by atomic mass is 9.93. The highest BCUT2D eigenvalue weighted by Crippen LogP contribution is 2.21. The van der Waals surface area contributed by atoms with Gasteiger partial charge in [-0.3, -0.25) is 4.79 Å². The summed E-state index contributed by atoms with van der Waals surface area (Å²) in [5.41, 5.74) is 1.07. The first-order valence-corrected chi connectivity index (χ1v) is 9.30. The Morgan fingerprint density at radius 1 is 1.50 bits per heavy atom. The number of thiazole rings is 1. The maximum atomic E-state index is 12.0. The van der Waals surface area contributed by atoms with Gasteiger partial charge in [0.25, 0.3) is 0 Å². The molecule has 0 spiro atoms. The smallest absolute Gasteiger partial charge is 0.220 e. The van der Waals surface area contributed by atoms with Crippen LogP contribution >= 0.6 is 11.3 Å². The first-order valence-electron chi connectivity index (χ1n) is 8.49. The van der Waals surface area contributed by atoms with E-state index in [1.165, 1.54) is 29.3 Å². The van der Waals surface area contributed by atoms with Crippen molar-refractivity contribution >= 4 is 17.2 Å². The minimum Gasteiger partial charge on any atom is -0.351 e. The first kappa shape index (κ1) is 17.4. The molecule has 1 saturated heterocycles. The number of amides is 1. The van der Waals surface area contributed by atoms with E-state index < -0.39 is 0 Å². The van der Waals surface area contributed by atoms with E-state index in [-0.39, 0.29) is 5.91 Å². The van der Waals surface area contributed by atoms with Crippen LogP contribution in [0.3, 0.4) is 0 Å². The number of likely N-dealkylation sites (tertiary alicyclic amines) is 1. The second kappa shape index (κ2) is 8.63. The van der Waals surface area contributed by atoms with Crippen LogP contribution in [0.5, 0.6) is 0 Å². The van der Waals surface area contributed by atoms with Crippen LogP contribution in [0.1, 0.15) is 54.6 Å². The number of rotatable bonds is 7. The minimum atomic E-state index is 0.179. The van der Waals surface area contributed by atoms with Gasteiger partial charge in [0.2, 0.25) is 5.91 Å². The van der Waals surface area contributed by atoms with E-state index in [9.17, 15) is 4.79 Å². The fourth-order valence-electron chi connectivity index (χ4n) is 3.08. The van der Waals surface area contributed by atoms with Gasteiger partial charge in [-0.05, 0) is 58.5 Å². The summed E-state index contributed by atoms with van der Waals surface area (Å²) < 4.78 is 0. The van der Waals surface area contributed by atoms with Crippen LogP contribution in [0.4, 0.5) is 0 Å². The monoisotopic (exact) mass is 323 g/mol. The van der Waals surface area contributed by atoms with Crippen molar-refractivity contribution in [3.8, 4) is 0 Å². The minimum absolute atomic E-state index is 0.179. The quantitative estimate of drug-likeness (QED) is 0.838. The third-order valence-corrected chi connectivity index (χ3v) is 5.57. The van der Waals surface area contributed by atoms with E-state index in [2.05, 4.69) is 29.2 Å². The number of aryl methyl sites for hydroxylation is 2. The summed E-state index contributed by atoms with van der Waals surface area (Å²) in [6.45, 7) is 7.18. The molecule has 0 aromatic carbocycles. The van der Waals surface area contributed by atoms with Gasteiger partial charge < -0.3 is 10.2 Å². The SMILES string of the molecule is CCCc1nc(C)c(CNC(=O)CCC2CCCN(C)C2)s1. The summed E-state index contributed by atoms with van der Waals surface area (Å²) in [6, 6.07) is 0. The second-order valence-corrected chi connectivity index (χ2v) is 7.62. The Morgan fingerprint density at radius 2 is 2.32 bits per heavy atom. The zero-order valence-electron chi connectivity index (χ0n) is 14.2. The van der Waals surface area contributed by atoms with E-state index in [0.717, 1.165) is 31.5 Å². The molecule has 1 amide bonds. The van der Waals surface area contributed by atoms with Crippen molar-refractivity contribution in [2.45, 2.75) is 58.9 Å². The van der Waals surface area contributed by atoms with Gasteiger partial charge in [0.15, 0.2) is 0 Å². The van der Waals surface area contributed by atoms with Crippen LogP contribution in [0.15, 0.2) is 0 Å². The van der Waals surface area contributed by atoms with E-state index in [0.29, 0.717) is 18.9 Å². The molecule has 1 atom stereocenters. The van der Waals surface area contributed by atoms with Crippen LogP contribution in [-0.4, -0.2) is 35.9 Å². The number of carbonyl (C=O) groups excluding carboxylic acids is 1. The molecule has 1 aromatic heterocycles. The molecule has 0 bridgehead atoms. The number of nitrogens with zero attached hydrogens (tertiary/aromatic N) is 2. The number of hydrogen-bond acceptors (Lipinski definition) is 4. The lowest BCUT2D eigenvalue weighted by molar-refractivity contribution is -0.121. The highest BCUT2D eigenvalue weighted by molar-refractivity contribution is 7.11. The van der Waals surface area contributed by atoms with E-state index in [1.807, 2.05) is 6.92 Å². The maximum Gasteiger partial charge on any atom is 0.220 e. The fourth-order valence-corrected chi connectivity index (χ4v) is 4.20. The zero-order chi connectivity index (χ0) is 15.9. The van der Waals surface area contributed by atoms with Gasteiger partial charge in [-0.25, -0.2) is 4.98 Å². The van der Waals surface area contributed by atoms with Crippen molar-refractivity contribution in [2.75, 3.05) is 20.1 Å². The maximum absolute atomic E-state index is 12.0. The zero-order valence-corrected chi connectivity index (χ0v) is 15.0. The molecule has 0 saturated carbocycles. The number of nitrogens with one attached hydrogen (secondary N) is 1. The van der Waals surface area contributed by atoms with Crippen molar-refractivity contribution in [1.29, 1.82) is 0 Å². The van der Waals surface area contributed by atoms with E-state index >= 15 is 0 Å². The molecule has 1 aliphatic rings. The molecule has 1 unspecified atom stereocenters. The Morgan fingerprint density at radius 3 is 3.05 bits per heavy atom. The van der Waals surface area contributed by atoms with Crippen LogP contribution < -0.4 is 5.32 Å². The highest BCUT2D eigenvalue weighted by atomic mass is 32.1. The molecule has 124 valence electrons. The first-order chi connectivity index (χ1) is 10.6. The average Bonchev–Trinajstić information content (AvgIpc) is 2.83. The van der Waals surface area contributed by atoms with Gasteiger partial charge in [0, 0.05) is 17.8 Å². The van der Waals surface area contributed by atoms with Crippen LogP contribution in [0.25, 0.3) is 0 Å². The van der Waals surface area contributed by atoms with E-state index in [1.54, 1.807) is 11.3 Å². The third-order valence-electron chi connectivity index (χ3n) is 4.35. The van der Waals surface area contributed by atoms with Gasteiger partial charge in [-0.1, -0.05) is 6.92 Å². The summed E-state index contributed by atoms with van der Waals surface area (Å²) in [5, 5.41) is 4.25. The Labute approximate surface area is 138 Å². The van der Waals surface area contributed by atoms with E-state index in [4.69, 9.17) is 0 Å². The summed E-state index contributed by atoms with van der Waals surface area (Å²) >= 11 is 1.74. The Hall–Kier alpha value is -0.940. The van der Waals surface area contributed by atoms with Gasteiger partial charge in [0.05, 0.1) is 17.2 Å². The molecular weight excluding hydrogens is 294 g/mol. The normalized spacial score (nSPS) is 19.3. The number of aromatic nitrogens is 1. The lowest BCUT2D eigenvalue weighted by Gasteiger charge is -2.29. The number of carbonyl (C=O) groups is 1. The molecule has 2 heterocycles. The second-order valence-electron chi connectivity index (χ2n) is 6.45. The molecule has 1 aromatic rings. The van der Waals surface area contributed by atoms with Crippen LogP contribution in [0.2, 0.25) is 0 Å². The van der Waals surface area contributed by atoms with Crippen molar-refractivity contribution < 1.29 is 4.79 Å². The van der Waals surface area contributed by atoms with Gasteiger partial charge >= 0.3 is 0 Å². The Bertz CT molecular complexity index is 486. The molecule has 5 heteroatoms. The molecule has 2 rings (SSSR count). The average molecular weight is 324 g/mol. The summed E-state index contributed by atoms with van der Waals surface area (Å²) in [6.07, 6.45) is 6.36. The third kappa shape index (κ3) is 5.36. The van der Waals surface area contributed by atoms with Crippen LogP contribution in [0, 0.1) is 12.8 Å². The Balaban J connectivity index is 1.71. The molecule has 1 fully saturated rings. The summed E-state index contributed by atoms with van der Waals surface area (Å²) in [7, 11) is 2.17. The molecule has 0 aliphatic carbocycles. The molecule has 1 N–H and O–H groups in total. The topological polar surface area (TPSA) is 45.2 Å². The number of piperidine rings is 1. The predicted molar refractivity (Wildman–Crippen MR) is 92.1 cm³/mol. The molecule has 22 heavy (non-hydrogen) atoms. The van der Waals surface area contributed by atoms with Gasteiger partial charge in [-0.2, -0.15) is 0 Å². The van der Waals surface area contributed by atoms with Crippen molar-refractivity contribution in [1.82, 2.24) is 15.2 Å². The summed E-state index contributed by atoms with van der Waals surface area (Å²) in [4.78, 5) is 20.2. The predicted octanol–water partition coefficient (Wildman–Crippen LogP) is 3.14. The van der Waals surface area contributed by atoms with Crippen molar-refractivity contribution in [3.05, 3.63) is 15.6 Å². The molecule has 4 nitrogen and oxygen atoms in total. The van der Waals surface area contributed by atoms with Gasteiger partial charge in [0.1, 0.15) is 0 Å². The largest absolute Gasteiger partial charge is 0.351 e. The number of hydrogen-bond donors (Lipinski definition) is 1.